The van der Waals surface area contributed by atoms with Gasteiger partial charge in [-0.25, -0.2) is 57.0 Å². The summed E-state index contributed by atoms with van der Waals surface area (Å²) in [6.45, 7) is 21.8. The molecule has 6 saturated heterocycles. The number of pyridine rings is 6. The molecule has 39 nitrogen and oxygen atoms in total. The molecule has 0 atom stereocenters. The van der Waals surface area contributed by atoms with E-state index < -0.39 is 0 Å². The Morgan fingerprint density at radius 3 is 0.772 bits per heavy atom. The first-order valence-corrected chi connectivity index (χ1v) is 47.8. The lowest BCUT2D eigenvalue weighted by Crippen LogP contribution is -2.33. The van der Waals surface area contributed by atoms with Crippen LogP contribution in [-0.4, -0.2) is 297 Å². The van der Waals surface area contributed by atoms with Crippen LogP contribution in [0, 0.1) is 16.2 Å². The van der Waals surface area contributed by atoms with Crippen molar-refractivity contribution in [3.05, 3.63) is 182 Å². The zero-order valence-electron chi connectivity index (χ0n) is 76.8. The van der Waals surface area contributed by atoms with E-state index in [0.29, 0.717) is 109 Å². The zero-order chi connectivity index (χ0) is 92.5. The third kappa shape index (κ3) is 21.9. The molecule has 0 amide bonds. The lowest BCUT2D eigenvalue weighted by atomic mass is 10.1. The first-order chi connectivity index (χ1) is 66.9. The van der Waals surface area contributed by atoms with Gasteiger partial charge < -0.3 is 71.4 Å². The maximum atomic E-state index is 8.71. The van der Waals surface area contributed by atoms with Crippen molar-refractivity contribution in [3.8, 4) is 35.3 Å². The second-order valence-corrected chi connectivity index (χ2v) is 35.1. The lowest BCUT2D eigenvalue weighted by molar-refractivity contribution is 0.180. The van der Waals surface area contributed by atoms with Gasteiger partial charge in [0.25, 0.3) is 35.3 Å². The molecule has 21 heterocycles. The predicted octanol–water partition coefficient (Wildman–Crippen LogP) is 11.6. The predicted molar refractivity (Wildman–Crippen MR) is 531 cm³/mol. The Labute approximate surface area is 787 Å². The van der Waals surface area contributed by atoms with E-state index in [1.165, 1.54) is 89.9 Å². The molecule has 708 valence electrons. The number of anilines is 3. The van der Waals surface area contributed by atoms with E-state index in [1.54, 1.807) is 45.3 Å². The number of fused-ring (bicyclic) bond motifs is 6. The normalized spacial score (nSPS) is 18.8. The third-order valence-electron chi connectivity index (χ3n) is 25.4. The number of amidine groups is 6. The minimum absolute atomic E-state index is 0.127. The Balaban J connectivity index is 0.000000131. The molecule has 136 heavy (non-hydrogen) atoms. The molecule has 0 saturated carbocycles. The average Bonchev–Trinajstić information content (AvgIpc) is 1.62. The summed E-state index contributed by atoms with van der Waals surface area (Å²) in [5, 5.41) is 64.0. The fourth-order valence-corrected chi connectivity index (χ4v) is 18.3. The number of nitrogens with one attached hydrogen (secondary N) is 6. The van der Waals surface area contributed by atoms with Crippen LogP contribution in [0.3, 0.4) is 0 Å². The quantitative estimate of drug-likeness (QED) is 0.0177. The van der Waals surface area contributed by atoms with E-state index in [-0.39, 0.29) is 69.2 Å². The fraction of sp³-hybridized carbons (Fsp3) is 0.412. The van der Waals surface area contributed by atoms with Gasteiger partial charge in [-0.1, -0.05) is 49.2 Å². The van der Waals surface area contributed by atoms with Crippen molar-refractivity contribution >= 4 is 119 Å². The number of aromatic nitrogens is 12. The molecule has 39 heteroatoms. The summed E-state index contributed by atoms with van der Waals surface area (Å²) in [7, 11) is 0. The van der Waals surface area contributed by atoms with Crippen molar-refractivity contribution in [3.63, 3.8) is 0 Å². The van der Waals surface area contributed by atoms with E-state index in [2.05, 4.69) is 75.9 Å². The van der Waals surface area contributed by atoms with Gasteiger partial charge in [-0.2, -0.15) is 0 Å². The highest BCUT2D eigenvalue weighted by molar-refractivity contribution is 6.54. The topological polar surface area (TPSA) is 438 Å². The van der Waals surface area contributed by atoms with Gasteiger partial charge >= 0.3 is 0 Å². The van der Waals surface area contributed by atoms with Crippen LogP contribution in [0.4, 0.5) is 34.1 Å². The Morgan fingerprint density at radius 1 is 0.272 bits per heavy atom. The molecule has 0 unspecified atom stereocenters. The second kappa shape index (κ2) is 43.4. The van der Waals surface area contributed by atoms with Crippen LogP contribution in [0.15, 0.2) is 212 Å². The van der Waals surface area contributed by atoms with Gasteiger partial charge in [-0.3, -0.25) is 35.8 Å². The number of piperidine rings is 2. The van der Waals surface area contributed by atoms with Gasteiger partial charge in [-0.05, 0) is 259 Å². The standard InChI is InChI=1S/2C33H41N11O2.C31H37N11O2/c34-24-23-25(35)31(37-29-27-12-4-10-18-44(27)40-33(29)46-22-20-42-15-7-2-8-16-42)38-30(24)36-28-26-11-3-9-17-43(26)39-32(28)45-21-19-41-13-5-1-6-14-41;34-24-23-25(35)31(37-29-27-12-2-4-20-44(27)40-33(29)46-22-10-18-42-15-7-8-16-42)38-30(24)36-28-26-11-1-3-19-43(26)39-32(28)45-21-9-17-41-13-5-6-14-41;32-22-21-23(33)29(35-27-25-10-2-4-16-42(25)38-31(27)44-20-18-40-13-7-8-14-40)36-28(22)34-26-24-9-1-3-15-41(24)37-30(26)43-19-17-39-11-5-6-12-39/h3-4,9-12,17-18,23,34H,1-2,5-8,13-16,19-22,35H2,(H,36,37,38);1-4,11-12,19-20,23,34H,5-10,13-18,21-22,35H2,(H,36,37,38);1-4,9-10,15-16,21,32H,5-8,11-14,17-20,33H2,(H,34,35,36). The molecule has 9 aliphatic rings. The number of dihydropyridines is 3. The van der Waals surface area contributed by atoms with Crippen molar-refractivity contribution < 1.29 is 28.4 Å². The van der Waals surface area contributed by atoms with Crippen molar-refractivity contribution in [1.82, 2.24) is 87.1 Å². The van der Waals surface area contributed by atoms with Gasteiger partial charge in [0, 0.05) is 76.4 Å². The molecule has 0 radical (unpaired) electrons. The lowest BCUT2D eigenvalue weighted by Gasteiger charge is -2.26. The molecule has 0 bridgehead atoms. The van der Waals surface area contributed by atoms with Gasteiger partial charge in [0.1, 0.15) is 43.5 Å². The summed E-state index contributed by atoms with van der Waals surface area (Å²) in [6.07, 6.45) is 35.1. The van der Waals surface area contributed by atoms with Crippen molar-refractivity contribution in [1.29, 1.82) is 16.2 Å². The van der Waals surface area contributed by atoms with E-state index in [0.717, 1.165) is 164 Å². The van der Waals surface area contributed by atoms with Crippen LogP contribution < -0.4 is 61.6 Å². The maximum Gasteiger partial charge on any atom is 0.260 e. The summed E-state index contributed by atoms with van der Waals surface area (Å²) in [6, 6.07) is 34.7. The van der Waals surface area contributed by atoms with Crippen LogP contribution in [0.2, 0.25) is 0 Å². The molecular formula is C97H119N33O6. The van der Waals surface area contributed by atoms with Crippen LogP contribution in [-0.2, 0) is 0 Å². The third-order valence-corrected chi connectivity index (χ3v) is 25.4. The largest absolute Gasteiger partial charge is 0.475 e. The molecule has 0 aromatic carbocycles. The number of rotatable bonds is 32. The Bertz CT molecular complexity index is 6580. The highest BCUT2D eigenvalue weighted by Crippen LogP contribution is 2.39. The van der Waals surface area contributed by atoms with Crippen LogP contribution in [0.1, 0.15) is 103 Å². The number of likely N-dealkylation sites (tertiary alicyclic amines) is 6. The van der Waals surface area contributed by atoms with E-state index in [9.17, 15) is 0 Å². The van der Waals surface area contributed by atoms with Crippen molar-refractivity contribution in [2.45, 2.75) is 103 Å². The average molecular weight is 1840 g/mol. The number of nitrogens with zero attached hydrogens (tertiary/aromatic N) is 24. The minimum Gasteiger partial charge on any atom is -0.475 e. The monoisotopic (exact) mass is 1840 g/mol. The Kier molecular flexibility index (Phi) is 29.0. The van der Waals surface area contributed by atoms with Gasteiger partial charge in [0.15, 0.2) is 52.1 Å². The number of nitrogens with two attached hydrogens (primary N) is 3. The summed E-state index contributed by atoms with van der Waals surface area (Å²) in [5.74, 6) is 4.27. The maximum absolute atomic E-state index is 8.71. The van der Waals surface area contributed by atoms with Gasteiger partial charge in [0.2, 0.25) is 0 Å². The van der Waals surface area contributed by atoms with E-state index in [1.807, 2.05) is 146 Å². The molecule has 12 aromatic heterocycles. The minimum atomic E-state index is 0.127. The second-order valence-electron chi connectivity index (χ2n) is 35.1. The summed E-state index contributed by atoms with van der Waals surface area (Å²) in [4.78, 5) is 43.3. The molecule has 12 N–H and O–H groups in total. The van der Waals surface area contributed by atoms with Crippen LogP contribution in [0.25, 0.3) is 33.1 Å². The number of hydrogen-bond donors (Lipinski definition) is 9. The van der Waals surface area contributed by atoms with Gasteiger partial charge in [0.05, 0.1) is 80.5 Å². The first kappa shape index (κ1) is 90.9. The zero-order valence-corrected chi connectivity index (χ0v) is 76.8. The fourth-order valence-electron chi connectivity index (χ4n) is 18.3. The molecule has 0 aliphatic carbocycles. The Hall–Kier alpha value is -14.3. The highest BCUT2D eigenvalue weighted by atomic mass is 16.5. The molecule has 0 spiro atoms. The Morgan fingerprint density at radius 2 is 0.493 bits per heavy atom. The summed E-state index contributed by atoms with van der Waals surface area (Å²) >= 11 is 0. The molecular weight excluding hydrogens is 1720 g/mol. The molecule has 9 aliphatic heterocycles. The van der Waals surface area contributed by atoms with Gasteiger partial charge in [-0.15, -0.1) is 30.6 Å². The summed E-state index contributed by atoms with van der Waals surface area (Å²) in [5.41, 5.74) is 28.7. The van der Waals surface area contributed by atoms with E-state index >= 15 is 0 Å². The molecule has 12 aromatic rings. The number of hydrogen-bond acceptors (Lipinski definition) is 30. The molecule has 6 fully saturated rings. The first-order valence-electron chi connectivity index (χ1n) is 47.8. The van der Waals surface area contributed by atoms with Crippen LogP contribution >= 0.6 is 0 Å². The van der Waals surface area contributed by atoms with Crippen LogP contribution in [0.5, 0.6) is 35.3 Å². The molecule has 21 rings (SSSR count). The van der Waals surface area contributed by atoms with E-state index in [4.69, 9.17) is 91.8 Å². The summed E-state index contributed by atoms with van der Waals surface area (Å²) < 4.78 is 47.6. The highest BCUT2D eigenvalue weighted by Gasteiger charge is 2.30. The van der Waals surface area contributed by atoms with Crippen molar-refractivity contribution in [2.24, 2.45) is 47.2 Å². The SMILES string of the molecule is N=C1C=C(N)C(=Nc2c(OCCCN3CCCC3)nn3ccccc23)N=C1Nc1c(OCCCN2CCCC2)nn2ccccc12.N=C1C=C(N)C(=Nc2c(OCCN3CCCC3)nn3ccccc23)N=C1Nc1c(OCCN2CCCC2)nn2ccccc12.N=C1C=C(N)C(=Nc2c(OCCN3CCCCC3)nn3ccccc23)N=C1Nc1c(OCCN2CCCCC2)nn2ccccc12. The number of ether oxygens (including phenoxy) is 6. The number of aliphatic imine (C=N–C) groups is 6. The smallest absolute Gasteiger partial charge is 0.260 e. The van der Waals surface area contributed by atoms with Crippen molar-refractivity contribution in [2.75, 3.05) is 173 Å².